The lowest BCUT2D eigenvalue weighted by atomic mass is 10.1. The molecule has 1 heterocycles. The Morgan fingerprint density at radius 1 is 1.64 bits per heavy atom. The summed E-state index contributed by atoms with van der Waals surface area (Å²) in [6, 6.07) is 0. The Kier molecular flexibility index (Phi) is 2.73. The van der Waals surface area contributed by atoms with Crippen LogP contribution in [0.3, 0.4) is 0 Å². The van der Waals surface area contributed by atoms with Crippen molar-refractivity contribution in [2.75, 3.05) is 0 Å². The quantitative estimate of drug-likeness (QED) is 0.591. The Balaban J connectivity index is 2.67. The molecule has 1 aliphatic heterocycles. The normalized spacial score (nSPS) is 26.3. The standard InChI is InChI=1S/C10H13N/c1-3-5-6-10-9(4-2)7-8-11-10/h3-9,11H,2H2,1H3/b5-3-,10-6+. The molecule has 0 aromatic heterocycles. The lowest BCUT2D eigenvalue weighted by Gasteiger charge is -2.03. The highest BCUT2D eigenvalue weighted by molar-refractivity contribution is 5.27. The van der Waals surface area contributed by atoms with Crippen LogP contribution >= 0.6 is 0 Å². The summed E-state index contributed by atoms with van der Waals surface area (Å²) >= 11 is 0. The molecule has 0 aromatic carbocycles. The molecule has 1 aliphatic rings. The second kappa shape index (κ2) is 3.81. The van der Waals surface area contributed by atoms with Gasteiger partial charge >= 0.3 is 0 Å². The molecule has 0 spiro atoms. The maximum absolute atomic E-state index is 3.74. The Hall–Kier alpha value is -1.24. The van der Waals surface area contributed by atoms with Crippen LogP contribution in [0.1, 0.15) is 6.92 Å². The maximum atomic E-state index is 3.74. The summed E-state index contributed by atoms with van der Waals surface area (Å²) in [6.07, 6.45) is 12.0. The zero-order chi connectivity index (χ0) is 8.10. The number of hydrogen-bond donors (Lipinski definition) is 1. The van der Waals surface area contributed by atoms with E-state index < -0.39 is 0 Å². The summed E-state index contributed by atoms with van der Waals surface area (Å²) in [5, 5.41) is 3.15. The third-order valence-electron chi connectivity index (χ3n) is 1.63. The van der Waals surface area contributed by atoms with Crippen molar-refractivity contribution in [3.63, 3.8) is 0 Å². The van der Waals surface area contributed by atoms with Crippen LogP contribution in [0.5, 0.6) is 0 Å². The molecule has 1 unspecified atom stereocenters. The number of rotatable bonds is 2. The highest BCUT2D eigenvalue weighted by Gasteiger charge is 2.09. The van der Waals surface area contributed by atoms with Gasteiger partial charge in [-0.1, -0.05) is 24.3 Å². The van der Waals surface area contributed by atoms with Gasteiger partial charge < -0.3 is 5.32 Å². The molecule has 0 saturated heterocycles. The molecule has 0 saturated carbocycles. The van der Waals surface area contributed by atoms with Crippen LogP contribution in [0.15, 0.2) is 48.9 Å². The van der Waals surface area contributed by atoms with Crippen LogP contribution < -0.4 is 5.32 Å². The first kappa shape index (κ1) is 7.86. The molecular formula is C10H13N. The van der Waals surface area contributed by atoms with Crippen molar-refractivity contribution in [3.05, 3.63) is 48.9 Å². The SMILES string of the molecule is C=CC1C=CN/C1=C/C=C\C. The van der Waals surface area contributed by atoms with E-state index >= 15 is 0 Å². The van der Waals surface area contributed by atoms with E-state index in [1.807, 2.05) is 31.4 Å². The first-order valence-electron chi connectivity index (χ1n) is 3.77. The Morgan fingerprint density at radius 2 is 2.45 bits per heavy atom. The van der Waals surface area contributed by atoms with Crippen molar-refractivity contribution < 1.29 is 0 Å². The van der Waals surface area contributed by atoms with Gasteiger partial charge in [0.2, 0.25) is 0 Å². The fraction of sp³-hybridized carbons (Fsp3) is 0.200. The Morgan fingerprint density at radius 3 is 3.09 bits per heavy atom. The molecule has 1 nitrogen and oxygen atoms in total. The summed E-state index contributed by atoms with van der Waals surface area (Å²) in [4.78, 5) is 0. The van der Waals surface area contributed by atoms with E-state index in [9.17, 15) is 0 Å². The van der Waals surface area contributed by atoms with E-state index in [0.29, 0.717) is 5.92 Å². The van der Waals surface area contributed by atoms with E-state index in [2.05, 4.69) is 24.0 Å². The molecule has 1 rings (SSSR count). The molecule has 1 heteroatoms. The topological polar surface area (TPSA) is 12.0 Å². The zero-order valence-corrected chi connectivity index (χ0v) is 6.75. The first-order valence-corrected chi connectivity index (χ1v) is 3.77. The Bertz CT molecular complexity index is 221. The van der Waals surface area contributed by atoms with Gasteiger partial charge in [0.25, 0.3) is 0 Å². The van der Waals surface area contributed by atoms with Gasteiger partial charge in [0.15, 0.2) is 0 Å². The monoisotopic (exact) mass is 147 g/mol. The van der Waals surface area contributed by atoms with Crippen LogP contribution in [-0.2, 0) is 0 Å². The third-order valence-corrected chi connectivity index (χ3v) is 1.63. The smallest absolute Gasteiger partial charge is 0.0364 e. The zero-order valence-electron chi connectivity index (χ0n) is 6.75. The van der Waals surface area contributed by atoms with Crippen molar-refractivity contribution in [2.24, 2.45) is 5.92 Å². The van der Waals surface area contributed by atoms with Crippen LogP contribution in [0, 0.1) is 5.92 Å². The minimum Gasteiger partial charge on any atom is -0.365 e. The summed E-state index contributed by atoms with van der Waals surface area (Å²) < 4.78 is 0. The molecule has 11 heavy (non-hydrogen) atoms. The minimum absolute atomic E-state index is 0.367. The average Bonchev–Trinajstić information content (AvgIpc) is 2.47. The van der Waals surface area contributed by atoms with Gasteiger partial charge in [0.1, 0.15) is 0 Å². The fourth-order valence-corrected chi connectivity index (χ4v) is 1.01. The van der Waals surface area contributed by atoms with Gasteiger partial charge in [0, 0.05) is 11.6 Å². The number of nitrogens with one attached hydrogen (secondary N) is 1. The number of hydrogen-bond acceptors (Lipinski definition) is 1. The van der Waals surface area contributed by atoms with Crippen molar-refractivity contribution >= 4 is 0 Å². The third kappa shape index (κ3) is 1.84. The van der Waals surface area contributed by atoms with Gasteiger partial charge in [-0.05, 0) is 19.2 Å². The lowest BCUT2D eigenvalue weighted by molar-refractivity contribution is 0.930. The molecule has 0 fully saturated rings. The summed E-state index contributed by atoms with van der Waals surface area (Å²) in [6.45, 7) is 5.75. The molecule has 0 aliphatic carbocycles. The van der Waals surface area contributed by atoms with Gasteiger partial charge in [-0.15, -0.1) is 6.58 Å². The second-order valence-electron chi connectivity index (χ2n) is 2.41. The van der Waals surface area contributed by atoms with Crippen LogP contribution in [0.4, 0.5) is 0 Å². The lowest BCUT2D eigenvalue weighted by Crippen LogP contribution is -2.03. The van der Waals surface area contributed by atoms with E-state index in [0.717, 1.165) is 0 Å². The summed E-state index contributed by atoms with van der Waals surface area (Å²) in [5.74, 6) is 0.367. The molecule has 1 atom stereocenters. The van der Waals surface area contributed by atoms with Gasteiger partial charge in [-0.2, -0.15) is 0 Å². The van der Waals surface area contributed by atoms with Gasteiger partial charge in [-0.25, -0.2) is 0 Å². The first-order chi connectivity index (χ1) is 5.38. The molecular weight excluding hydrogens is 134 g/mol. The largest absolute Gasteiger partial charge is 0.365 e. The van der Waals surface area contributed by atoms with Crippen molar-refractivity contribution in [1.82, 2.24) is 5.32 Å². The van der Waals surface area contributed by atoms with E-state index in [4.69, 9.17) is 0 Å². The number of allylic oxidation sites excluding steroid dienone is 4. The average molecular weight is 147 g/mol. The predicted molar refractivity (Wildman–Crippen MR) is 48.9 cm³/mol. The van der Waals surface area contributed by atoms with Crippen LogP contribution in [0.2, 0.25) is 0 Å². The highest BCUT2D eigenvalue weighted by Crippen LogP contribution is 2.16. The van der Waals surface area contributed by atoms with Crippen molar-refractivity contribution in [3.8, 4) is 0 Å². The second-order valence-corrected chi connectivity index (χ2v) is 2.41. The molecule has 0 aromatic rings. The van der Waals surface area contributed by atoms with E-state index in [1.54, 1.807) is 0 Å². The van der Waals surface area contributed by atoms with Gasteiger partial charge in [0.05, 0.1) is 0 Å². The van der Waals surface area contributed by atoms with Crippen LogP contribution in [0.25, 0.3) is 0 Å². The van der Waals surface area contributed by atoms with Crippen molar-refractivity contribution in [1.29, 1.82) is 0 Å². The summed E-state index contributed by atoms with van der Waals surface area (Å²) in [5.41, 5.74) is 1.19. The Labute approximate surface area is 67.8 Å². The molecule has 0 bridgehead atoms. The predicted octanol–water partition coefficient (Wildman–Crippen LogP) is 2.37. The molecule has 0 amide bonds. The van der Waals surface area contributed by atoms with E-state index in [1.165, 1.54) is 5.70 Å². The maximum Gasteiger partial charge on any atom is 0.0364 e. The van der Waals surface area contributed by atoms with E-state index in [-0.39, 0.29) is 0 Å². The van der Waals surface area contributed by atoms with Gasteiger partial charge in [-0.3, -0.25) is 0 Å². The fourth-order valence-electron chi connectivity index (χ4n) is 1.01. The molecule has 1 N–H and O–H groups in total. The summed E-state index contributed by atoms with van der Waals surface area (Å²) in [7, 11) is 0. The molecule has 58 valence electrons. The minimum atomic E-state index is 0.367. The van der Waals surface area contributed by atoms with Crippen LogP contribution in [-0.4, -0.2) is 0 Å². The molecule has 0 radical (unpaired) electrons. The highest BCUT2D eigenvalue weighted by atomic mass is 14.9. The van der Waals surface area contributed by atoms with Crippen molar-refractivity contribution in [2.45, 2.75) is 6.92 Å².